The van der Waals surface area contributed by atoms with E-state index < -0.39 is 0 Å². The quantitative estimate of drug-likeness (QED) is 0.161. The highest BCUT2D eigenvalue weighted by Crippen LogP contribution is 2.46. The molecule has 3 nitrogen and oxygen atoms in total. The molecule has 0 amide bonds. The van der Waals surface area contributed by atoms with Crippen LogP contribution in [0.4, 0.5) is 17.1 Å². The van der Waals surface area contributed by atoms with Gasteiger partial charge >= 0.3 is 0 Å². The van der Waals surface area contributed by atoms with Crippen molar-refractivity contribution in [2.45, 2.75) is 0 Å². The van der Waals surface area contributed by atoms with Gasteiger partial charge < -0.3 is 13.9 Å². The van der Waals surface area contributed by atoms with Gasteiger partial charge in [0.1, 0.15) is 11.2 Å². The third kappa shape index (κ3) is 5.74. The zero-order valence-corrected chi connectivity index (χ0v) is 33.2. The van der Waals surface area contributed by atoms with Crippen LogP contribution in [0.5, 0.6) is 0 Å². The molecular formula is C58H38N2O. The zero-order chi connectivity index (χ0) is 40.3. The van der Waals surface area contributed by atoms with Crippen molar-refractivity contribution in [2.24, 2.45) is 0 Å². The van der Waals surface area contributed by atoms with Crippen molar-refractivity contribution < 1.29 is 4.42 Å². The summed E-state index contributed by atoms with van der Waals surface area (Å²) >= 11 is 0. The smallest absolute Gasteiger partial charge is 0.143 e. The third-order valence-electron chi connectivity index (χ3n) is 12.2. The molecule has 0 aliphatic rings. The minimum absolute atomic E-state index is 0.896. The van der Waals surface area contributed by atoms with Crippen molar-refractivity contribution in [1.29, 1.82) is 0 Å². The summed E-state index contributed by atoms with van der Waals surface area (Å²) in [5, 5.41) is 7.14. The van der Waals surface area contributed by atoms with Crippen molar-refractivity contribution in [1.82, 2.24) is 4.57 Å². The van der Waals surface area contributed by atoms with Gasteiger partial charge in [0.05, 0.1) is 22.4 Å². The van der Waals surface area contributed by atoms with E-state index in [-0.39, 0.29) is 0 Å². The lowest BCUT2D eigenvalue weighted by molar-refractivity contribution is 0.670. The topological polar surface area (TPSA) is 21.3 Å². The fraction of sp³-hybridized carbons (Fsp3) is 0. The van der Waals surface area contributed by atoms with Gasteiger partial charge in [0.25, 0.3) is 0 Å². The maximum Gasteiger partial charge on any atom is 0.143 e. The second-order valence-corrected chi connectivity index (χ2v) is 15.6. The number of hydrogen-bond acceptors (Lipinski definition) is 2. The maximum absolute atomic E-state index is 6.56. The summed E-state index contributed by atoms with van der Waals surface area (Å²) < 4.78 is 9.02. The van der Waals surface area contributed by atoms with Gasteiger partial charge in [-0.2, -0.15) is 0 Å². The van der Waals surface area contributed by atoms with Crippen molar-refractivity contribution in [3.05, 3.63) is 231 Å². The summed E-state index contributed by atoms with van der Waals surface area (Å²) in [5.41, 5.74) is 15.3. The van der Waals surface area contributed by atoms with Crippen molar-refractivity contribution >= 4 is 71.6 Å². The van der Waals surface area contributed by atoms with E-state index in [0.717, 1.165) is 72.5 Å². The molecule has 0 bridgehead atoms. The first kappa shape index (κ1) is 34.9. The Morgan fingerprint density at radius 2 is 0.984 bits per heavy atom. The lowest BCUT2D eigenvalue weighted by Crippen LogP contribution is -2.11. The predicted molar refractivity (Wildman–Crippen MR) is 257 cm³/mol. The normalized spacial score (nSPS) is 11.6. The Labute approximate surface area is 353 Å². The first-order chi connectivity index (χ1) is 30.3. The summed E-state index contributed by atoms with van der Waals surface area (Å²) in [5.74, 6) is 0. The first-order valence-electron chi connectivity index (χ1n) is 20.8. The van der Waals surface area contributed by atoms with E-state index in [4.69, 9.17) is 4.42 Å². The molecule has 0 unspecified atom stereocenters. The molecule has 2 aromatic heterocycles. The second-order valence-electron chi connectivity index (χ2n) is 15.6. The van der Waals surface area contributed by atoms with Gasteiger partial charge in [-0.05, 0) is 82.1 Å². The highest BCUT2D eigenvalue weighted by molar-refractivity contribution is 6.12. The molecule has 12 aromatic rings. The Kier molecular flexibility index (Phi) is 8.17. The highest BCUT2D eigenvalue weighted by Gasteiger charge is 2.23. The first-order valence-corrected chi connectivity index (χ1v) is 20.8. The molecule has 0 spiro atoms. The molecule has 0 atom stereocenters. The molecule has 2 heterocycles. The molecule has 0 saturated carbocycles. The molecule has 61 heavy (non-hydrogen) atoms. The molecule has 0 aliphatic carbocycles. The molecule has 3 heteroatoms. The molecule has 0 aliphatic heterocycles. The van der Waals surface area contributed by atoms with Gasteiger partial charge in [-0.3, -0.25) is 0 Å². The second kappa shape index (κ2) is 14.3. The number of furan rings is 1. The zero-order valence-electron chi connectivity index (χ0n) is 33.2. The minimum Gasteiger partial charge on any atom is -0.455 e. The van der Waals surface area contributed by atoms with E-state index in [9.17, 15) is 0 Å². The molecule has 0 radical (unpaired) electrons. The number of anilines is 3. The number of hydrogen-bond donors (Lipinski definition) is 0. The van der Waals surface area contributed by atoms with E-state index in [1.54, 1.807) is 0 Å². The number of fused-ring (bicyclic) bond motifs is 7. The van der Waals surface area contributed by atoms with Crippen LogP contribution in [0.1, 0.15) is 0 Å². The van der Waals surface area contributed by atoms with Crippen LogP contribution in [-0.4, -0.2) is 4.57 Å². The Hall–Kier alpha value is -8.14. The van der Waals surface area contributed by atoms with Crippen LogP contribution in [0.15, 0.2) is 235 Å². The van der Waals surface area contributed by atoms with Gasteiger partial charge in [0.15, 0.2) is 0 Å². The Bertz CT molecular complexity index is 3590. The largest absolute Gasteiger partial charge is 0.455 e. The molecule has 0 N–H and O–H groups in total. The van der Waals surface area contributed by atoms with E-state index in [0.29, 0.717) is 0 Å². The average molecular weight is 779 g/mol. The average Bonchev–Trinajstić information content (AvgIpc) is 3.88. The molecular weight excluding hydrogens is 741 g/mol. The van der Waals surface area contributed by atoms with Crippen molar-refractivity contribution in [2.75, 3.05) is 4.90 Å². The highest BCUT2D eigenvalue weighted by atomic mass is 16.3. The summed E-state index contributed by atoms with van der Waals surface area (Å²) in [6, 6.07) is 83.0. The number of para-hydroxylation sites is 5. The standard InChI is InChI=1S/C58H38N2O/c1-3-17-40(18-4-1)52-37-41(45-27-16-29-51-50-26-11-14-32-57(50)61-58(45)51)33-36-55(52)59(42-21-5-2-6-22-42)43-34-35-49-48-25-10-13-31-54(48)60(56(49)38-43)53-30-12-9-24-47(53)46-28-15-20-39-19-7-8-23-44(39)46/h1-38H. The summed E-state index contributed by atoms with van der Waals surface area (Å²) in [7, 11) is 0. The van der Waals surface area contributed by atoms with Crippen LogP contribution in [0.25, 0.3) is 93.6 Å². The molecule has 0 saturated heterocycles. The maximum atomic E-state index is 6.56. The van der Waals surface area contributed by atoms with Crippen LogP contribution >= 0.6 is 0 Å². The van der Waals surface area contributed by atoms with E-state index in [1.165, 1.54) is 38.2 Å². The van der Waals surface area contributed by atoms with Crippen LogP contribution in [0.3, 0.4) is 0 Å². The van der Waals surface area contributed by atoms with Crippen LogP contribution in [0.2, 0.25) is 0 Å². The van der Waals surface area contributed by atoms with Gasteiger partial charge in [0, 0.05) is 49.6 Å². The van der Waals surface area contributed by atoms with Gasteiger partial charge in [0.2, 0.25) is 0 Å². The molecule has 0 fully saturated rings. The summed E-state index contributed by atoms with van der Waals surface area (Å²) in [4.78, 5) is 2.41. The fourth-order valence-corrected chi connectivity index (χ4v) is 9.44. The molecule has 286 valence electrons. The van der Waals surface area contributed by atoms with Gasteiger partial charge in [-0.25, -0.2) is 0 Å². The van der Waals surface area contributed by atoms with Crippen LogP contribution in [-0.2, 0) is 0 Å². The molecule has 10 aromatic carbocycles. The lowest BCUT2D eigenvalue weighted by Gasteiger charge is -2.28. The third-order valence-corrected chi connectivity index (χ3v) is 12.2. The summed E-state index contributed by atoms with van der Waals surface area (Å²) in [6.45, 7) is 0. The van der Waals surface area contributed by atoms with Crippen molar-refractivity contribution in [3.8, 4) is 39.1 Å². The van der Waals surface area contributed by atoms with E-state index >= 15 is 0 Å². The van der Waals surface area contributed by atoms with E-state index in [2.05, 4.69) is 228 Å². The van der Waals surface area contributed by atoms with Crippen molar-refractivity contribution in [3.63, 3.8) is 0 Å². The minimum atomic E-state index is 0.896. The number of nitrogens with zero attached hydrogens (tertiary/aromatic N) is 2. The van der Waals surface area contributed by atoms with E-state index in [1.807, 2.05) is 12.1 Å². The SMILES string of the molecule is c1ccc(-c2cc(-c3cccc4c3oc3ccccc34)ccc2N(c2ccccc2)c2ccc3c4ccccc4n(-c4ccccc4-c4cccc5ccccc45)c3c2)cc1. The monoisotopic (exact) mass is 778 g/mol. The van der Waals surface area contributed by atoms with Gasteiger partial charge in [-0.15, -0.1) is 0 Å². The van der Waals surface area contributed by atoms with Crippen LogP contribution in [0, 0.1) is 0 Å². The predicted octanol–water partition coefficient (Wildman–Crippen LogP) is 16.3. The lowest BCUT2D eigenvalue weighted by atomic mass is 9.95. The Morgan fingerprint density at radius 3 is 1.87 bits per heavy atom. The fourth-order valence-electron chi connectivity index (χ4n) is 9.44. The number of benzene rings is 10. The van der Waals surface area contributed by atoms with Crippen LogP contribution < -0.4 is 4.90 Å². The molecule has 12 rings (SSSR count). The Balaban J connectivity index is 1.10. The van der Waals surface area contributed by atoms with Gasteiger partial charge in [-0.1, -0.05) is 176 Å². The Morgan fingerprint density at radius 1 is 0.344 bits per heavy atom. The number of rotatable bonds is 7. The summed E-state index contributed by atoms with van der Waals surface area (Å²) in [6.07, 6.45) is 0. The number of aromatic nitrogens is 1.